The number of hydrogen-bond acceptors (Lipinski definition) is 11. The van der Waals surface area contributed by atoms with Crippen molar-refractivity contribution in [2.75, 3.05) is 65.9 Å². The summed E-state index contributed by atoms with van der Waals surface area (Å²) in [6.07, 6.45) is 3.51. The van der Waals surface area contributed by atoms with Crippen molar-refractivity contribution in [3.63, 3.8) is 0 Å². The number of ether oxygens (including phenoxy) is 5. The number of nitrogens with zero attached hydrogens (tertiary/aromatic N) is 2. The first-order valence-electron chi connectivity index (χ1n) is 10.4. The van der Waals surface area contributed by atoms with Crippen LogP contribution in [0.15, 0.2) is 18.0 Å². The number of H-pyrrole nitrogens is 1. The molecule has 14 heteroatoms. The van der Waals surface area contributed by atoms with Crippen LogP contribution < -0.4 is 16.4 Å². The van der Waals surface area contributed by atoms with Gasteiger partial charge in [-0.3, -0.25) is 4.79 Å². The molecule has 186 valence electrons. The number of nitrogens with two attached hydrogens (primary N) is 1. The van der Waals surface area contributed by atoms with E-state index in [1.807, 2.05) is 0 Å². The number of alkyl carbamates (subject to hydrolysis) is 1. The largest absolute Gasteiger partial charge is 0.443 e. The fraction of sp³-hybridized carbons (Fsp3) is 0.632. The first-order valence-corrected chi connectivity index (χ1v) is 10.4. The molecule has 0 unspecified atom stereocenters. The third-order valence-corrected chi connectivity index (χ3v) is 3.81. The van der Waals surface area contributed by atoms with Gasteiger partial charge >= 0.3 is 6.09 Å². The third kappa shape index (κ3) is 16.3. The van der Waals surface area contributed by atoms with Crippen LogP contribution in [0.3, 0.4) is 0 Å². The maximum atomic E-state index is 11.6. The monoisotopic (exact) mass is 471 g/mol. The SMILES string of the molecule is N=CC(=CN)CNC(=O)CCOCCOCCOCCOCCNC(=O)OCc1cn[nH]n1. The lowest BCUT2D eigenvalue weighted by atomic mass is 10.3. The first-order chi connectivity index (χ1) is 16.2. The predicted octanol–water partition coefficient (Wildman–Crippen LogP) is -0.904. The zero-order valence-electron chi connectivity index (χ0n) is 18.5. The fourth-order valence-electron chi connectivity index (χ4n) is 2.08. The van der Waals surface area contributed by atoms with Gasteiger partial charge in [-0.25, -0.2) is 4.79 Å². The molecule has 0 fully saturated rings. The maximum absolute atomic E-state index is 11.6. The molecule has 0 aliphatic heterocycles. The lowest BCUT2D eigenvalue weighted by Crippen LogP contribution is -2.28. The molecular weight excluding hydrogens is 438 g/mol. The van der Waals surface area contributed by atoms with E-state index in [4.69, 9.17) is 34.8 Å². The van der Waals surface area contributed by atoms with E-state index in [0.29, 0.717) is 64.1 Å². The van der Waals surface area contributed by atoms with Crippen molar-refractivity contribution in [2.24, 2.45) is 5.73 Å². The first kappa shape index (κ1) is 28.0. The molecule has 33 heavy (non-hydrogen) atoms. The molecule has 0 aromatic carbocycles. The molecule has 0 aliphatic rings. The van der Waals surface area contributed by atoms with E-state index in [-0.39, 0.29) is 32.1 Å². The van der Waals surface area contributed by atoms with Crippen molar-refractivity contribution in [1.29, 1.82) is 5.41 Å². The molecule has 1 aromatic rings. The van der Waals surface area contributed by atoms with Crippen LogP contribution in [-0.2, 0) is 35.1 Å². The summed E-state index contributed by atoms with van der Waals surface area (Å²) in [6, 6.07) is 0. The Morgan fingerprint density at radius 3 is 2.21 bits per heavy atom. The zero-order valence-corrected chi connectivity index (χ0v) is 18.5. The highest BCUT2D eigenvalue weighted by molar-refractivity contribution is 5.80. The number of rotatable bonds is 20. The molecule has 0 saturated heterocycles. The van der Waals surface area contributed by atoms with Crippen LogP contribution >= 0.6 is 0 Å². The number of amides is 2. The van der Waals surface area contributed by atoms with E-state index in [2.05, 4.69) is 26.0 Å². The van der Waals surface area contributed by atoms with Crippen LogP contribution in [-0.4, -0.2) is 99.6 Å². The molecule has 0 radical (unpaired) electrons. The standard InChI is InChI=1S/C19H33N7O7/c20-11-16(12-21)13-23-18(27)1-3-29-5-7-31-9-10-32-8-6-30-4-2-22-19(28)33-15-17-14-24-26-25-17/h11-12,14,20H,1-10,13,15,21H2,(H,22,28)(H,23,27)(H,24,25,26). The molecule has 0 bridgehead atoms. The highest BCUT2D eigenvalue weighted by Gasteiger charge is 2.04. The van der Waals surface area contributed by atoms with E-state index >= 15 is 0 Å². The van der Waals surface area contributed by atoms with Gasteiger partial charge in [0, 0.05) is 37.5 Å². The summed E-state index contributed by atoms with van der Waals surface area (Å²) in [7, 11) is 0. The van der Waals surface area contributed by atoms with Gasteiger partial charge in [-0.1, -0.05) is 0 Å². The normalized spacial score (nSPS) is 11.2. The average molecular weight is 472 g/mol. The van der Waals surface area contributed by atoms with Gasteiger partial charge in [-0.15, -0.1) is 0 Å². The second kappa shape index (κ2) is 19.6. The molecule has 1 rings (SSSR count). The molecule has 1 aromatic heterocycles. The summed E-state index contributed by atoms with van der Waals surface area (Å²) >= 11 is 0. The molecule has 14 nitrogen and oxygen atoms in total. The Morgan fingerprint density at radius 1 is 1.00 bits per heavy atom. The number of carbonyl (C=O) groups excluding carboxylic acids is 2. The minimum atomic E-state index is -0.556. The number of nitrogens with one attached hydrogen (secondary N) is 4. The quantitative estimate of drug-likeness (QED) is 0.117. The van der Waals surface area contributed by atoms with E-state index < -0.39 is 6.09 Å². The maximum Gasteiger partial charge on any atom is 0.407 e. The van der Waals surface area contributed by atoms with Crippen LogP contribution in [0, 0.1) is 5.41 Å². The highest BCUT2D eigenvalue weighted by atomic mass is 16.6. The summed E-state index contributed by atoms with van der Waals surface area (Å²) in [6.45, 7) is 3.61. The van der Waals surface area contributed by atoms with Crippen molar-refractivity contribution < 1.29 is 33.3 Å². The van der Waals surface area contributed by atoms with Gasteiger partial charge in [-0.05, 0) is 0 Å². The molecule has 1 heterocycles. The molecule has 2 amide bonds. The Kier molecular flexibility index (Phi) is 16.6. The van der Waals surface area contributed by atoms with E-state index in [0.717, 1.165) is 6.21 Å². The summed E-state index contributed by atoms with van der Waals surface area (Å²) in [5, 5.41) is 22.1. The number of aromatic nitrogens is 3. The van der Waals surface area contributed by atoms with Crippen LogP contribution in [0.4, 0.5) is 4.79 Å². The van der Waals surface area contributed by atoms with Gasteiger partial charge in [0.15, 0.2) is 0 Å². The Bertz CT molecular complexity index is 686. The number of hydrogen-bond donors (Lipinski definition) is 5. The van der Waals surface area contributed by atoms with E-state index in [1.54, 1.807) is 0 Å². The Labute approximate surface area is 192 Å². The summed E-state index contributed by atoms with van der Waals surface area (Å²) in [4.78, 5) is 23.0. The molecule has 0 aliphatic carbocycles. The minimum Gasteiger partial charge on any atom is -0.443 e. The third-order valence-electron chi connectivity index (χ3n) is 3.81. The molecule has 0 atom stereocenters. The van der Waals surface area contributed by atoms with Gasteiger partial charge < -0.3 is 45.5 Å². The van der Waals surface area contributed by atoms with Crippen molar-refractivity contribution in [3.05, 3.63) is 23.7 Å². The van der Waals surface area contributed by atoms with Gasteiger partial charge in [0.05, 0.1) is 59.1 Å². The summed E-state index contributed by atoms with van der Waals surface area (Å²) in [5.41, 5.74) is 6.35. The average Bonchev–Trinajstić information content (AvgIpc) is 3.34. The molecule has 0 spiro atoms. The second-order valence-electron chi connectivity index (χ2n) is 6.33. The molecule has 6 N–H and O–H groups in total. The minimum absolute atomic E-state index is 0.0453. The Balaban J connectivity index is 1.77. The Hall–Kier alpha value is -3.07. The summed E-state index contributed by atoms with van der Waals surface area (Å²) in [5.74, 6) is -0.175. The molecule has 0 saturated carbocycles. The van der Waals surface area contributed by atoms with Crippen LogP contribution in [0.1, 0.15) is 12.1 Å². The fourth-order valence-corrected chi connectivity index (χ4v) is 2.08. The van der Waals surface area contributed by atoms with Crippen molar-refractivity contribution in [2.45, 2.75) is 13.0 Å². The van der Waals surface area contributed by atoms with Crippen molar-refractivity contribution in [3.8, 4) is 0 Å². The van der Waals surface area contributed by atoms with Gasteiger partial charge in [0.25, 0.3) is 0 Å². The van der Waals surface area contributed by atoms with Crippen LogP contribution in [0.2, 0.25) is 0 Å². The van der Waals surface area contributed by atoms with Gasteiger partial charge in [0.2, 0.25) is 5.91 Å². The lowest BCUT2D eigenvalue weighted by Gasteiger charge is -2.08. The van der Waals surface area contributed by atoms with E-state index in [1.165, 1.54) is 12.4 Å². The topological polar surface area (TPSA) is 196 Å². The zero-order chi connectivity index (χ0) is 24.0. The predicted molar refractivity (Wildman–Crippen MR) is 117 cm³/mol. The smallest absolute Gasteiger partial charge is 0.407 e. The number of carbonyl (C=O) groups is 2. The Morgan fingerprint density at radius 2 is 1.64 bits per heavy atom. The summed E-state index contributed by atoms with van der Waals surface area (Å²) < 4.78 is 26.3. The van der Waals surface area contributed by atoms with Crippen LogP contribution in [0.5, 0.6) is 0 Å². The lowest BCUT2D eigenvalue weighted by molar-refractivity contribution is -0.122. The highest BCUT2D eigenvalue weighted by Crippen LogP contribution is 1.92. The number of aromatic amines is 1. The molecular formula is C19H33N7O7. The van der Waals surface area contributed by atoms with Gasteiger partial charge in [-0.2, -0.15) is 15.4 Å². The van der Waals surface area contributed by atoms with E-state index in [9.17, 15) is 9.59 Å². The van der Waals surface area contributed by atoms with Crippen molar-refractivity contribution >= 4 is 18.2 Å². The van der Waals surface area contributed by atoms with Crippen molar-refractivity contribution in [1.82, 2.24) is 26.0 Å². The second-order valence-corrected chi connectivity index (χ2v) is 6.33. The van der Waals surface area contributed by atoms with Gasteiger partial charge in [0.1, 0.15) is 12.3 Å². The van der Waals surface area contributed by atoms with Crippen LogP contribution in [0.25, 0.3) is 0 Å².